The van der Waals surface area contributed by atoms with Crippen LogP contribution in [0.15, 0.2) is 82.2 Å². The van der Waals surface area contributed by atoms with E-state index in [1.54, 1.807) is 12.1 Å². The highest BCUT2D eigenvalue weighted by Gasteiger charge is 2.11. The molecule has 0 atom stereocenters. The summed E-state index contributed by atoms with van der Waals surface area (Å²) >= 11 is 1.53. The molecule has 4 aromatic rings. The van der Waals surface area contributed by atoms with Crippen molar-refractivity contribution >= 4 is 28.4 Å². The highest BCUT2D eigenvalue weighted by molar-refractivity contribution is 7.07. The van der Waals surface area contributed by atoms with Crippen LogP contribution in [-0.4, -0.2) is 15.3 Å². The van der Waals surface area contributed by atoms with Crippen molar-refractivity contribution in [3.8, 4) is 11.3 Å². The summed E-state index contributed by atoms with van der Waals surface area (Å²) in [4.78, 5) is 16.3. The highest BCUT2D eigenvalue weighted by atomic mass is 32.1. The molecular formula is C28H28N4O2S. The summed E-state index contributed by atoms with van der Waals surface area (Å²) < 4.78 is 1.86. The zero-order valence-electron chi connectivity index (χ0n) is 20.5. The van der Waals surface area contributed by atoms with Gasteiger partial charge in [0.05, 0.1) is 22.0 Å². The van der Waals surface area contributed by atoms with Crippen LogP contribution >= 0.6 is 11.3 Å². The Labute approximate surface area is 209 Å². The first-order valence-electron chi connectivity index (χ1n) is 11.5. The van der Waals surface area contributed by atoms with Crippen LogP contribution in [0.1, 0.15) is 48.9 Å². The average molecular weight is 485 g/mol. The van der Waals surface area contributed by atoms with Crippen LogP contribution in [0.2, 0.25) is 0 Å². The van der Waals surface area contributed by atoms with Gasteiger partial charge in [0.15, 0.2) is 0 Å². The average Bonchev–Trinajstić information content (AvgIpc) is 3.23. The van der Waals surface area contributed by atoms with Gasteiger partial charge >= 0.3 is 0 Å². The molecule has 0 unspecified atom stereocenters. The summed E-state index contributed by atoms with van der Waals surface area (Å²) in [7, 11) is 0. The van der Waals surface area contributed by atoms with Crippen LogP contribution < -0.4 is 4.80 Å². The molecule has 0 aliphatic rings. The van der Waals surface area contributed by atoms with E-state index in [2.05, 4.69) is 63.4 Å². The number of aromatic nitrogens is 1. The smallest absolute Gasteiger partial charge is 0.258 e. The summed E-state index contributed by atoms with van der Waals surface area (Å²) in [6.45, 7) is 10.4. The van der Waals surface area contributed by atoms with Gasteiger partial charge in [0.1, 0.15) is 0 Å². The maximum absolute atomic E-state index is 11.0. The van der Waals surface area contributed by atoms with Crippen LogP contribution in [0.5, 0.6) is 0 Å². The Kier molecular flexibility index (Phi) is 7.07. The number of aryl methyl sites for hydroxylation is 2. The Balaban J connectivity index is 1.84. The van der Waals surface area contributed by atoms with Crippen molar-refractivity contribution in [3.63, 3.8) is 0 Å². The van der Waals surface area contributed by atoms with Gasteiger partial charge in [0, 0.05) is 23.1 Å². The number of thiazole rings is 1. The van der Waals surface area contributed by atoms with Crippen molar-refractivity contribution in [2.24, 2.45) is 10.1 Å². The molecule has 6 nitrogen and oxygen atoms in total. The quantitative estimate of drug-likeness (QED) is 0.163. The van der Waals surface area contributed by atoms with Gasteiger partial charge in [-0.15, -0.1) is 11.3 Å². The first-order valence-corrected chi connectivity index (χ1v) is 12.3. The van der Waals surface area contributed by atoms with E-state index in [1.807, 2.05) is 23.7 Å². The van der Waals surface area contributed by atoms with Crippen molar-refractivity contribution < 1.29 is 4.92 Å². The van der Waals surface area contributed by atoms with Gasteiger partial charge in [-0.1, -0.05) is 38.1 Å². The fraction of sp³-hybridized carbons (Fsp3) is 0.214. The van der Waals surface area contributed by atoms with Crippen molar-refractivity contribution in [2.75, 3.05) is 0 Å². The zero-order chi connectivity index (χ0) is 25.1. The fourth-order valence-electron chi connectivity index (χ4n) is 3.65. The summed E-state index contributed by atoms with van der Waals surface area (Å²) in [6, 6.07) is 21.1. The van der Waals surface area contributed by atoms with E-state index in [1.165, 1.54) is 40.2 Å². The second-order valence-electron chi connectivity index (χ2n) is 8.86. The van der Waals surface area contributed by atoms with Gasteiger partial charge in [0.2, 0.25) is 4.80 Å². The Hall–Kier alpha value is -3.84. The second-order valence-corrected chi connectivity index (χ2v) is 9.70. The van der Waals surface area contributed by atoms with Gasteiger partial charge in [-0.2, -0.15) is 5.10 Å². The number of rotatable bonds is 6. The zero-order valence-corrected chi connectivity index (χ0v) is 21.3. The SMILES string of the molecule is CC(=Nn1c(-c2ccc(C)c(C)c2)csc1=Nc1ccc(C(C)C)cc1)c1ccc([N+](=O)[O-])cc1. The number of benzene rings is 3. The van der Waals surface area contributed by atoms with Crippen LogP contribution in [0, 0.1) is 24.0 Å². The molecule has 3 aromatic carbocycles. The Morgan fingerprint density at radius 1 is 0.971 bits per heavy atom. The Morgan fingerprint density at radius 3 is 2.26 bits per heavy atom. The molecule has 0 fully saturated rings. The first-order chi connectivity index (χ1) is 16.7. The van der Waals surface area contributed by atoms with Crippen LogP contribution in [0.3, 0.4) is 0 Å². The molecule has 7 heteroatoms. The van der Waals surface area contributed by atoms with E-state index in [4.69, 9.17) is 10.1 Å². The van der Waals surface area contributed by atoms with E-state index in [0.717, 1.165) is 33.0 Å². The number of nitro benzene ring substituents is 1. The molecule has 178 valence electrons. The number of hydrogen-bond donors (Lipinski definition) is 0. The third-order valence-corrected chi connectivity index (χ3v) is 6.83. The predicted octanol–water partition coefficient (Wildman–Crippen LogP) is 7.37. The molecule has 35 heavy (non-hydrogen) atoms. The summed E-state index contributed by atoms with van der Waals surface area (Å²) in [5.74, 6) is 0.459. The van der Waals surface area contributed by atoms with E-state index >= 15 is 0 Å². The molecule has 0 aliphatic carbocycles. The monoisotopic (exact) mass is 484 g/mol. The molecule has 0 radical (unpaired) electrons. The number of non-ortho nitro benzene ring substituents is 1. The minimum atomic E-state index is -0.400. The number of nitro groups is 1. The third kappa shape index (κ3) is 5.46. The molecule has 0 saturated carbocycles. The second kappa shape index (κ2) is 10.2. The van der Waals surface area contributed by atoms with Crippen molar-refractivity contribution in [3.05, 3.63) is 109 Å². The predicted molar refractivity (Wildman–Crippen MR) is 144 cm³/mol. The number of hydrogen-bond acceptors (Lipinski definition) is 5. The summed E-state index contributed by atoms with van der Waals surface area (Å²) in [6.07, 6.45) is 0. The first kappa shape index (κ1) is 24.3. The molecule has 1 heterocycles. The van der Waals surface area contributed by atoms with Gasteiger partial charge in [-0.05, 0) is 79.3 Å². The van der Waals surface area contributed by atoms with Gasteiger partial charge in [-0.3, -0.25) is 10.1 Å². The molecule has 0 N–H and O–H groups in total. The fourth-order valence-corrected chi connectivity index (χ4v) is 4.50. The standard InChI is InChI=1S/C28H28N4O2S/c1-18(2)22-8-12-25(13-9-22)29-28-31(27(17-35-28)24-7-6-19(3)20(4)16-24)30-21(5)23-10-14-26(15-11-23)32(33)34/h6-18H,1-5H3. The minimum absolute atomic E-state index is 0.0566. The lowest BCUT2D eigenvalue weighted by atomic mass is 10.0. The normalized spacial score (nSPS) is 12.4. The molecular weight excluding hydrogens is 456 g/mol. The molecule has 4 rings (SSSR count). The molecule has 0 aliphatic heterocycles. The van der Waals surface area contributed by atoms with Gasteiger partial charge in [0.25, 0.3) is 5.69 Å². The van der Waals surface area contributed by atoms with Gasteiger partial charge < -0.3 is 0 Å². The van der Waals surface area contributed by atoms with E-state index in [9.17, 15) is 10.1 Å². The van der Waals surface area contributed by atoms with Gasteiger partial charge in [-0.25, -0.2) is 9.67 Å². The van der Waals surface area contributed by atoms with E-state index < -0.39 is 4.92 Å². The van der Waals surface area contributed by atoms with E-state index in [0.29, 0.717) is 5.92 Å². The molecule has 0 bridgehead atoms. The third-order valence-electron chi connectivity index (χ3n) is 6.02. The molecule has 0 saturated heterocycles. The maximum Gasteiger partial charge on any atom is 0.269 e. The molecule has 0 amide bonds. The number of nitrogens with zero attached hydrogens (tertiary/aromatic N) is 4. The molecule has 1 aromatic heterocycles. The Morgan fingerprint density at radius 2 is 1.66 bits per heavy atom. The lowest BCUT2D eigenvalue weighted by Gasteiger charge is -2.08. The van der Waals surface area contributed by atoms with Crippen LogP contribution in [-0.2, 0) is 0 Å². The van der Waals surface area contributed by atoms with E-state index in [-0.39, 0.29) is 5.69 Å². The lowest BCUT2D eigenvalue weighted by molar-refractivity contribution is -0.384. The molecule has 0 spiro atoms. The minimum Gasteiger partial charge on any atom is -0.258 e. The van der Waals surface area contributed by atoms with Crippen molar-refractivity contribution in [1.29, 1.82) is 0 Å². The van der Waals surface area contributed by atoms with Crippen molar-refractivity contribution in [2.45, 2.75) is 40.5 Å². The Bertz CT molecular complexity index is 1460. The topological polar surface area (TPSA) is 72.8 Å². The maximum atomic E-state index is 11.0. The summed E-state index contributed by atoms with van der Waals surface area (Å²) in [5, 5.41) is 18.0. The summed E-state index contributed by atoms with van der Waals surface area (Å²) in [5.41, 5.74) is 8.17. The van der Waals surface area contributed by atoms with Crippen molar-refractivity contribution in [1.82, 2.24) is 4.68 Å². The van der Waals surface area contributed by atoms with Crippen LogP contribution in [0.4, 0.5) is 11.4 Å². The van der Waals surface area contributed by atoms with Crippen LogP contribution in [0.25, 0.3) is 11.3 Å². The lowest BCUT2D eigenvalue weighted by Crippen LogP contribution is -2.14. The largest absolute Gasteiger partial charge is 0.269 e. The highest BCUT2D eigenvalue weighted by Crippen LogP contribution is 2.25.